The molecule has 1 atom stereocenters. The van der Waals surface area contributed by atoms with E-state index >= 15 is 0 Å². The molecule has 0 aliphatic heterocycles. The van der Waals surface area contributed by atoms with Crippen molar-refractivity contribution < 1.29 is 0 Å². The molecule has 4 heteroatoms. The molecule has 0 amide bonds. The summed E-state index contributed by atoms with van der Waals surface area (Å²) >= 11 is 6.14. The average Bonchev–Trinajstić information content (AvgIpc) is 3.08. The normalized spacial score (nSPS) is 17.4. The highest BCUT2D eigenvalue weighted by Crippen LogP contribution is 2.41. The molecule has 2 rings (SSSR count). The van der Waals surface area contributed by atoms with Crippen LogP contribution in [0.25, 0.3) is 0 Å². The number of hydrogen-bond acceptors (Lipinski definition) is 2. The third kappa shape index (κ3) is 3.21. The lowest BCUT2D eigenvalue weighted by atomic mass is 10.1. The number of rotatable bonds is 7. The molecule has 0 saturated heterocycles. The highest BCUT2D eigenvalue weighted by Gasteiger charge is 2.31. The Balaban J connectivity index is 1.93. The zero-order valence-electron chi connectivity index (χ0n) is 10.8. The Hall–Kier alpha value is -0.570. The minimum Gasteiger partial charge on any atom is -0.299 e. The van der Waals surface area contributed by atoms with Crippen LogP contribution < -0.4 is 0 Å². The van der Waals surface area contributed by atoms with Crippen molar-refractivity contribution >= 4 is 11.6 Å². The van der Waals surface area contributed by atoms with Crippen LogP contribution in [0.2, 0.25) is 5.28 Å². The molecule has 96 valence electrons. The molecule has 1 heterocycles. The van der Waals surface area contributed by atoms with Gasteiger partial charge in [0.15, 0.2) is 0 Å². The molecule has 1 aromatic rings. The summed E-state index contributed by atoms with van der Waals surface area (Å²) in [4.78, 5) is 0. The molecule has 1 fully saturated rings. The van der Waals surface area contributed by atoms with E-state index in [0.29, 0.717) is 17.2 Å². The summed E-state index contributed by atoms with van der Waals surface area (Å²) in [6, 6.07) is 0.435. The second kappa shape index (κ2) is 5.85. The third-order valence-corrected chi connectivity index (χ3v) is 3.80. The number of aromatic nitrogens is 3. The fourth-order valence-electron chi connectivity index (χ4n) is 2.31. The molecule has 17 heavy (non-hydrogen) atoms. The van der Waals surface area contributed by atoms with E-state index in [-0.39, 0.29) is 0 Å². The van der Waals surface area contributed by atoms with Crippen molar-refractivity contribution in [2.75, 3.05) is 0 Å². The summed E-state index contributed by atoms with van der Waals surface area (Å²) in [5.74, 6) is 1.73. The van der Waals surface area contributed by atoms with Gasteiger partial charge in [0.1, 0.15) is 5.82 Å². The van der Waals surface area contributed by atoms with Gasteiger partial charge in [-0.1, -0.05) is 32.6 Å². The third-order valence-electron chi connectivity index (χ3n) is 3.54. The molecule has 1 aliphatic rings. The van der Waals surface area contributed by atoms with Crippen molar-refractivity contribution in [3.8, 4) is 0 Å². The Kier molecular flexibility index (Phi) is 4.43. The van der Waals surface area contributed by atoms with E-state index in [1.807, 2.05) is 0 Å². The molecule has 1 saturated carbocycles. The molecule has 1 aliphatic carbocycles. The highest BCUT2D eigenvalue weighted by molar-refractivity contribution is 6.28. The van der Waals surface area contributed by atoms with Crippen LogP contribution in [0.15, 0.2) is 0 Å². The van der Waals surface area contributed by atoms with Crippen molar-refractivity contribution in [3.05, 3.63) is 11.1 Å². The Morgan fingerprint density at radius 1 is 1.29 bits per heavy atom. The lowest BCUT2D eigenvalue weighted by Crippen LogP contribution is -2.09. The van der Waals surface area contributed by atoms with Crippen LogP contribution in [-0.2, 0) is 0 Å². The zero-order valence-corrected chi connectivity index (χ0v) is 11.6. The second-order valence-electron chi connectivity index (χ2n) is 5.17. The van der Waals surface area contributed by atoms with Crippen molar-refractivity contribution in [1.82, 2.24) is 14.8 Å². The molecular weight excluding hydrogens is 234 g/mol. The molecule has 0 N–H and O–H groups in total. The number of nitrogens with zero attached hydrogens (tertiary/aromatic N) is 3. The largest absolute Gasteiger partial charge is 0.299 e. The van der Waals surface area contributed by atoms with Crippen molar-refractivity contribution in [2.45, 2.75) is 70.8 Å². The van der Waals surface area contributed by atoms with Crippen molar-refractivity contribution in [3.63, 3.8) is 0 Å². The zero-order chi connectivity index (χ0) is 12.3. The van der Waals surface area contributed by atoms with Crippen LogP contribution in [-0.4, -0.2) is 14.8 Å². The van der Waals surface area contributed by atoms with E-state index in [0.717, 1.165) is 5.82 Å². The van der Waals surface area contributed by atoms with Gasteiger partial charge >= 0.3 is 0 Å². The maximum absolute atomic E-state index is 6.14. The Morgan fingerprint density at radius 3 is 2.71 bits per heavy atom. The lowest BCUT2D eigenvalue weighted by molar-refractivity contribution is 0.459. The summed E-state index contributed by atoms with van der Waals surface area (Å²) in [7, 11) is 0. The quantitative estimate of drug-likeness (QED) is 0.679. The molecule has 0 aromatic carbocycles. The molecule has 0 radical (unpaired) electrons. The first-order valence-corrected chi connectivity index (χ1v) is 7.22. The summed E-state index contributed by atoms with van der Waals surface area (Å²) < 4.78 is 2.14. The summed E-state index contributed by atoms with van der Waals surface area (Å²) in [6.07, 6.45) is 8.88. The van der Waals surface area contributed by atoms with Crippen LogP contribution in [0.4, 0.5) is 0 Å². The Bertz CT molecular complexity index is 358. The minimum absolute atomic E-state index is 0.435. The van der Waals surface area contributed by atoms with Gasteiger partial charge in [0.25, 0.3) is 0 Å². The van der Waals surface area contributed by atoms with Gasteiger partial charge in [0.2, 0.25) is 5.28 Å². The Morgan fingerprint density at radius 2 is 2.06 bits per heavy atom. The van der Waals surface area contributed by atoms with Gasteiger partial charge < -0.3 is 0 Å². The fourth-order valence-corrected chi connectivity index (χ4v) is 2.60. The monoisotopic (exact) mass is 255 g/mol. The van der Waals surface area contributed by atoms with E-state index in [1.54, 1.807) is 0 Å². The summed E-state index contributed by atoms with van der Waals surface area (Å²) in [6.45, 7) is 4.47. The van der Waals surface area contributed by atoms with E-state index in [2.05, 4.69) is 28.6 Å². The van der Waals surface area contributed by atoms with E-state index < -0.39 is 0 Å². The minimum atomic E-state index is 0.435. The van der Waals surface area contributed by atoms with Gasteiger partial charge in [-0.15, -0.1) is 10.2 Å². The summed E-state index contributed by atoms with van der Waals surface area (Å²) in [5.41, 5.74) is 0. The standard InChI is InChI=1S/C13H22ClN3/c1-3-4-5-6-7-10(2)17-12(11-8-9-11)15-16-13(17)14/h10-11H,3-9H2,1-2H3. The number of unbranched alkanes of at least 4 members (excludes halogenated alkanes) is 3. The lowest BCUT2D eigenvalue weighted by Gasteiger charge is -2.16. The Labute approximate surface area is 109 Å². The van der Waals surface area contributed by atoms with Crippen LogP contribution in [0.5, 0.6) is 0 Å². The first-order chi connectivity index (χ1) is 8.24. The van der Waals surface area contributed by atoms with Gasteiger partial charge in [0.05, 0.1) is 0 Å². The van der Waals surface area contributed by atoms with Gasteiger partial charge in [-0.2, -0.15) is 0 Å². The van der Waals surface area contributed by atoms with Gasteiger partial charge in [-0.3, -0.25) is 4.57 Å². The topological polar surface area (TPSA) is 30.7 Å². The smallest absolute Gasteiger partial charge is 0.225 e. The molecule has 0 bridgehead atoms. The molecule has 0 spiro atoms. The predicted molar refractivity (Wildman–Crippen MR) is 70.5 cm³/mol. The van der Waals surface area contributed by atoms with E-state index in [9.17, 15) is 0 Å². The average molecular weight is 256 g/mol. The van der Waals surface area contributed by atoms with Crippen LogP contribution in [0.3, 0.4) is 0 Å². The highest BCUT2D eigenvalue weighted by atomic mass is 35.5. The predicted octanol–water partition coefficient (Wildman–Crippen LogP) is 4.34. The van der Waals surface area contributed by atoms with Gasteiger partial charge in [0, 0.05) is 12.0 Å². The van der Waals surface area contributed by atoms with Crippen LogP contribution >= 0.6 is 11.6 Å². The first kappa shape index (κ1) is 12.9. The van der Waals surface area contributed by atoms with Crippen LogP contribution in [0.1, 0.15) is 76.6 Å². The maximum Gasteiger partial charge on any atom is 0.225 e. The van der Waals surface area contributed by atoms with Gasteiger partial charge in [-0.25, -0.2) is 0 Å². The summed E-state index contributed by atoms with van der Waals surface area (Å²) in [5, 5.41) is 8.81. The SMILES string of the molecule is CCCCCCC(C)n1c(Cl)nnc1C1CC1. The van der Waals surface area contributed by atoms with E-state index in [1.165, 1.54) is 44.9 Å². The van der Waals surface area contributed by atoms with Crippen LogP contribution in [0, 0.1) is 0 Å². The van der Waals surface area contributed by atoms with E-state index in [4.69, 9.17) is 11.6 Å². The maximum atomic E-state index is 6.14. The molecule has 1 aromatic heterocycles. The first-order valence-electron chi connectivity index (χ1n) is 6.84. The number of hydrogen-bond donors (Lipinski definition) is 0. The van der Waals surface area contributed by atoms with Crippen molar-refractivity contribution in [1.29, 1.82) is 0 Å². The fraction of sp³-hybridized carbons (Fsp3) is 0.846. The molecule has 1 unspecified atom stereocenters. The van der Waals surface area contributed by atoms with Crippen molar-refractivity contribution in [2.24, 2.45) is 0 Å². The second-order valence-corrected chi connectivity index (χ2v) is 5.51. The molecule has 3 nitrogen and oxygen atoms in total. The molecular formula is C13H22ClN3. The van der Waals surface area contributed by atoms with Gasteiger partial charge in [-0.05, 0) is 37.8 Å². The number of halogens is 1.